The molecule has 7 rings (SSSR count). The lowest BCUT2D eigenvalue weighted by atomic mass is 9.69. The van der Waals surface area contributed by atoms with E-state index in [9.17, 15) is 28.8 Å². The van der Waals surface area contributed by atoms with Crippen molar-refractivity contribution in [3.8, 4) is 0 Å². The summed E-state index contributed by atoms with van der Waals surface area (Å²) in [6.45, 7) is 11.5. The van der Waals surface area contributed by atoms with E-state index < -0.39 is 22.7 Å². The summed E-state index contributed by atoms with van der Waals surface area (Å²) in [7, 11) is 0. The van der Waals surface area contributed by atoms with Gasteiger partial charge in [-0.1, -0.05) is 44.2 Å². The molecule has 69 heavy (non-hydrogen) atoms. The molecule has 4 amide bonds. The Balaban J connectivity index is 1.20. The molecule has 0 unspecified atom stereocenters. The number of allylic oxidation sites excluding steroid dienone is 4. The van der Waals surface area contributed by atoms with Gasteiger partial charge in [-0.15, -0.1) is 0 Å². The van der Waals surface area contributed by atoms with Gasteiger partial charge in [-0.25, -0.2) is 0 Å². The molecule has 0 spiro atoms. The number of nitrogens with one attached hydrogen (secondary N) is 4. The summed E-state index contributed by atoms with van der Waals surface area (Å²) >= 11 is 0. The molecular weight excluding hydrogens is 873 g/mol. The minimum atomic E-state index is -1.02. The predicted molar refractivity (Wildman–Crippen MR) is 266 cm³/mol. The van der Waals surface area contributed by atoms with Gasteiger partial charge in [0.05, 0.1) is 17.3 Å². The maximum atomic E-state index is 14.3. The normalized spacial score (nSPS) is 18.3. The first-order valence-corrected chi connectivity index (χ1v) is 23.4. The van der Waals surface area contributed by atoms with E-state index in [1.165, 1.54) is 0 Å². The quantitative estimate of drug-likeness (QED) is 0.0501. The second-order valence-electron chi connectivity index (χ2n) is 18.5. The number of nitrogens with two attached hydrogens (primary N) is 4. The Hall–Kier alpha value is -7.11. The number of anilines is 1. The van der Waals surface area contributed by atoms with Crippen molar-refractivity contribution >= 4 is 52.3 Å². The Bertz CT molecular complexity index is 2740. The molecule has 0 saturated heterocycles. The highest BCUT2D eigenvalue weighted by Gasteiger charge is 2.50. The number of hydrogen-bond acceptors (Lipinski definition) is 11. The Morgan fingerprint density at radius 3 is 1.54 bits per heavy atom. The Labute approximate surface area is 402 Å². The van der Waals surface area contributed by atoms with Crippen molar-refractivity contribution in [2.75, 3.05) is 57.3 Å². The number of rotatable bonds is 19. The largest absolute Gasteiger partial charge is 0.351 e. The van der Waals surface area contributed by atoms with Gasteiger partial charge in [0, 0.05) is 121 Å². The molecule has 0 bridgehead atoms. The van der Waals surface area contributed by atoms with Gasteiger partial charge in [0.2, 0.25) is 5.69 Å². The van der Waals surface area contributed by atoms with Crippen LogP contribution in [0.5, 0.6) is 0 Å². The lowest BCUT2D eigenvalue weighted by Crippen LogP contribution is -2.47. The van der Waals surface area contributed by atoms with E-state index in [2.05, 4.69) is 30.7 Å². The second-order valence-corrected chi connectivity index (χ2v) is 18.5. The van der Waals surface area contributed by atoms with Gasteiger partial charge in [-0.3, -0.25) is 28.8 Å². The summed E-state index contributed by atoms with van der Waals surface area (Å²) in [5, 5.41) is 11.3. The number of nitrogens with zero attached hydrogens (tertiary/aromatic N) is 2. The molecule has 2 aliphatic heterocycles. The molecule has 12 N–H and O–H groups in total. The average Bonchev–Trinajstić information content (AvgIpc) is 3.69. The third-order valence-corrected chi connectivity index (χ3v) is 13.1. The van der Waals surface area contributed by atoms with E-state index in [4.69, 9.17) is 22.9 Å². The lowest BCUT2D eigenvalue weighted by molar-refractivity contribution is -0.455. The molecule has 0 radical (unpaired) electrons. The van der Waals surface area contributed by atoms with Gasteiger partial charge in [0.1, 0.15) is 0 Å². The highest BCUT2D eigenvalue weighted by molar-refractivity contribution is 6.26. The minimum Gasteiger partial charge on any atom is -0.351 e. The SMILES string of the molecule is CC1(C)C(/C=C/C2C(=O)C(/C=C3/N(Cc4ccc(C(=O)NCCN)cc4)c4ccc(C(=O)NCCN)cc4C3(C)C)C2=O)=[N+](Cc2ccc(C(=O)NCCN)cc2)c2ccc(C(=O)NCCN)cc21. The fraction of sp³-hybridized carbons (Fsp3) is 0.340. The summed E-state index contributed by atoms with van der Waals surface area (Å²) in [4.78, 5) is 82.1. The molecular formula is C53H63N10O6+. The Morgan fingerprint density at radius 1 is 0.580 bits per heavy atom. The van der Waals surface area contributed by atoms with Crippen molar-refractivity contribution < 1.29 is 33.3 Å². The number of fused-ring (bicyclic) bond motifs is 2. The predicted octanol–water partition coefficient (Wildman–Crippen LogP) is 2.84. The van der Waals surface area contributed by atoms with E-state index >= 15 is 0 Å². The number of amides is 4. The smallest absolute Gasteiger partial charge is 0.251 e. The monoisotopic (exact) mass is 935 g/mol. The summed E-state index contributed by atoms with van der Waals surface area (Å²) in [5.41, 5.74) is 29.8. The van der Waals surface area contributed by atoms with Crippen LogP contribution in [0, 0.1) is 11.8 Å². The van der Waals surface area contributed by atoms with Gasteiger partial charge in [0.15, 0.2) is 23.8 Å². The first-order valence-electron chi connectivity index (χ1n) is 23.4. The summed E-state index contributed by atoms with van der Waals surface area (Å²) in [5.74, 6) is -3.46. The molecule has 16 heteroatoms. The first kappa shape index (κ1) is 49.8. The van der Waals surface area contributed by atoms with Gasteiger partial charge < -0.3 is 49.1 Å². The van der Waals surface area contributed by atoms with Crippen molar-refractivity contribution in [2.45, 2.75) is 51.6 Å². The minimum absolute atomic E-state index is 0.221. The summed E-state index contributed by atoms with van der Waals surface area (Å²) in [6.07, 6.45) is 5.30. The Kier molecular flexibility index (Phi) is 15.2. The van der Waals surface area contributed by atoms with E-state index in [1.54, 1.807) is 48.6 Å². The molecule has 1 aliphatic carbocycles. The zero-order chi connectivity index (χ0) is 49.6. The molecule has 16 nitrogen and oxygen atoms in total. The molecule has 0 aromatic heterocycles. The van der Waals surface area contributed by atoms with Crippen LogP contribution in [0.15, 0.2) is 109 Å². The maximum Gasteiger partial charge on any atom is 0.251 e. The van der Waals surface area contributed by atoms with Gasteiger partial charge in [-0.2, -0.15) is 4.58 Å². The molecule has 1 fully saturated rings. The zero-order valence-corrected chi connectivity index (χ0v) is 39.7. The van der Waals surface area contributed by atoms with Crippen molar-refractivity contribution in [3.05, 3.63) is 153 Å². The van der Waals surface area contributed by atoms with Crippen LogP contribution in [-0.2, 0) is 33.5 Å². The highest BCUT2D eigenvalue weighted by Crippen LogP contribution is 2.50. The van der Waals surface area contributed by atoms with Crippen molar-refractivity contribution in [3.63, 3.8) is 0 Å². The van der Waals surface area contributed by atoms with E-state index in [0.29, 0.717) is 87.7 Å². The fourth-order valence-corrected chi connectivity index (χ4v) is 9.28. The number of benzene rings is 4. The van der Waals surface area contributed by atoms with Crippen LogP contribution in [0.4, 0.5) is 11.4 Å². The highest BCUT2D eigenvalue weighted by atomic mass is 16.2. The van der Waals surface area contributed by atoms with Crippen molar-refractivity contribution in [2.24, 2.45) is 34.8 Å². The number of carbonyl (C=O) groups excluding carboxylic acids is 6. The Morgan fingerprint density at radius 2 is 1.03 bits per heavy atom. The number of carbonyl (C=O) groups is 6. The topological polar surface area (TPSA) is 261 Å². The van der Waals surface area contributed by atoms with Crippen LogP contribution in [0.25, 0.3) is 0 Å². The number of hydrogen-bond donors (Lipinski definition) is 8. The number of Topliss-reactive ketones (excluding diaryl/α,β-unsaturated/α-hetero) is 2. The third-order valence-electron chi connectivity index (χ3n) is 13.1. The van der Waals surface area contributed by atoms with Crippen LogP contribution >= 0.6 is 0 Å². The van der Waals surface area contributed by atoms with Gasteiger partial charge in [0.25, 0.3) is 23.6 Å². The van der Waals surface area contributed by atoms with Crippen LogP contribution in [0.2, 0.25) is 0 Å². The van der Waals surface area contributed by atoms with Crippen molar-refractivity contribution in [1.29, 1.82) is 0 Å². The molecule has 2 heterocycles. The first-order chi connectivity index (χ1) is 33.0. The van der Waals surface area contributed by atoms with Crippen LogP contribution in [-0.4, -0.2) is 97.8 Å². The molecule has 3 aliphatic rings. The molecule has 4 aromatic rings. The fourth-order valence-electron chi connectivity index (χ4n) is 9.28. The van der Waals surface area contributed by atoms with Gasteiger partial charge in [-0.05, 0) is 85.6 Å². The van der Waals surface area contributed by atoms with Gasteiger partial charge >= 0.3 is 0 Å². The summed E-state index contributed by atoms with van der Waals surface area (Å²) in [6, 6.07) is 25.6. The lowest BCUT2D eigenvalue weighted by Gasteiger charge is -2.33. The molecule has 360 valence electrons. The molecule has 1 saturated carbocycles. The molecule has 0 atom stereocenters. The maximum absolute atomic E-state index is 14.3. The molecule has 4 aromatic carbocycles. The van der Waals surface area contributed by atoms with Crippen LogP contribution in [0.3, 0.4) is 0 Å². The third kappa shape index (κ3) is 10.2. The summed E-state index contributed by atoms with van der Waals surface area (Å²) < 4.78 is 2.11. The standard InChI is InChI=1S/C53H62N10O6/c1-52(2)40-27-36(50(68)60-25-21-56)13-16-42(40)62(30-32-5-9-34(10-6-32)48(66)58-23-19-54)44(52)18-15-38-46(64)39(47(38)65)29-45-53(3,4)41-28-37(51(69)61-26-22-57)14-17-43(41)63(45)31-33-7-11-35(12-8-33)49(67)59-24-20-55/h5-18,27-29,38-39H,19-26,30-31,54-57H2,1-4H3,(H3-,58,59,60,61,66,67,68,69)/p+1/b18-15+,45-29+. The van der Waals surface area contributed by atoms with E-state index in [0.717, 1.165) is 45.0 Å². The van der Waals surface area contributed by atoms with Crippen LogP contribution < -0.4 is 49.1 Å². The number of ketones is 2. The average molecular weight is 936 g/mol. The second kappa shape index (κ2) is 21.0. The zero-order valence-electron chi connectivity index (χ0n) is 39.7. The van der Waals surface area contributed by atoms with E-state index in [-0.39, 0.29) is 35.2 Å². The van der Waals surface area contributed by atoms with Crippen molar-refractivity contribution in [1.82, 2.24) is 21.3 Å². The van der Waals surface area contributed by atoms with Crippen LogP contribution in [0.1, 0.15) is 91.4 Å². The van der Waals surface area contributed by atoms with E-state index in [1.807, 2.05) is 82.3 Å².